The van der Waals surface area contributed by atoms with Gasteiger partial charge in [-0.3, -0.25) is 0 Å². The van der Waals surface area contributed by atoms with Crippen molar-refractivity contribution in [1.82, 2.24) is 4.57 Å². The molecule has 0 aliphatic heterocycles. The topological polar surface area (TPSA) is 21.3 Å². The van der Waals surface area contributed by atoms with Gasteiger partial charge in [0, 0.05) is 44.0 Å². The second kappa shape index (κ2) is 14.3. The summed E-state index contributed by atoms with van der Waals surface area (Å²) in [6, 6.07) is 82.8. The minimum Gasteiger partial charge on any atom is -0.456 e. The number of nitrogens with zero attached hydrogens (tertiary/aromatic N) is 2. The number of anilines is 3. The first kappa shape index (κ1) is 34.9. The second-order valence-corrected chi connectivity index (χ2v) is 15.7. The number of benzene rings is 10. The van der Waals surface area contributed by atoms with E-state index in [1.807, 2.05) is 0 Å². The van der Waals surface area contributed by atoms with Crippen LogP contribution in [0.4, 0.5) is 17.1 Å². The summed E-state index contributed by atoms with van der Waals surface area (Å²) < 4.78 is 9.10. The Balaban J connectivity index is 1.06. The van der Waals surface area contributed by atoms with Gasteiger partial charge in [0.2, 0.25) is 0 Å². The van der Waals surface area contributed by atoms with Crippen LogP contribution in [0.15, 0.2) is 235 Å². The molecule has 0 aliphatic carbocycles. The summed E-state index contributed by atoms with van der Waals surface area (Å²) in [5, 5.41) is 7.00. The average molecular weight is 779 g/mol. The molecule has 3 heteroatoms. The van der Waals surface area contributed by atoms with E-state index in [4.69, 9.17) is 4.42 Å². The molecule has 2 heterocycles. The van der Waals surface area contributed by atoms with E-state index in [-0.39, 0.29) is 0 Å². The molecule has 0 bridgehead atoms. The van der Waals surface area contributed by atoms with Crippen molar-refractivity contribution in [3.63, 3.8) is 0 Å². The van der Waals surface area contributed by atoms with Crippen LogP contribution in [0.5, 0.6) is 0 Å². The second-order valence-electron chi connectivity index (χ2n) is 15.7. The van der Waals surface area contributed by atoms with Crippen LogP contribution < -0.4 is 4.90 Å². The highest BCUT2D eigenvalue weighted by molar-refractivity contribution is 6.25. The summed E-state index contributed by atoms with van der Waals surface area (Å²) in [7, 11) is 0. The number of fused-ring (bicyclic) bond motifs is 8. The zero-order chi connectivity index (χ0) is 40.3. The van der Waals surface area contributed by atoms with Crippen LogP contribution in [-0.2, 0) is 0 Å². The van der Waals surface area contributed by atoms with Gasteiger partial charge >= 0.3 is 0 Å². The minimum atomic E-state index is 0.873. The molecule has 0 aliphatic rings. The van der Waals surface area contributed by atoms with Gasteiger partial charge in [-0.1, -0.05) is 158 Å². The number of aromatic nitrogens is 1. The maximum atomic E-state index is 6.71. The van der Waals surface area contributed by atoms with Crippen LogP contribution in [-0.4, -0.2) is 4.57 Å². The maximum absolute atomic E-state index is 6.71. The van der Waals surface area contributed by atoms with E-state index < -0.39 is 0 Å². The summed E-state index contributed by atoms with van der Waals surface area (Å²) in [6.07, 6.45) is 0. The zero-order valence-electron chi connectivity index (χ0n) is 33.2. The monoisotopic (exact) mass is 778 g/mol. The first-order chi connectivity index (χ1) is 30.3. The molecule has 0 fully saturated rings. The predicted octanol–water partition coefficient (Wildman–Crippen LogP) is 16.3. The third kappa shape index (κ3) is 5.82. The van der Waals surface area contributed by atoms with Crippen molar-refractivity contribution in [2.45, 2.75) is 0 Å². The SMILES string of the molecule is c1ccc(-c2ccc(N(c3ccc(-c4ccccc4)cc3)c3cccc4c3ccc3oc5cccc(-c6ccc7c8ccccc8n(-c8ccccc8)c7c6)c5c34)cc2)cc1. The minimum absolute atomic E-state index is 0.873. The summed E-state index contributed by atoms with van der Waals surface area (Å²) in [6.45, 7) is 0. The number of hydrogen-bond acceptors (Lipinski definition) is 2. The normalized spacial score (nSPS) is 11.6. The lowest BCUT2D eigenvalue weighted by Gasteiger charge is -2.27. The Labute approximate surface area is 353 Å². The molecule has 10 aromatic carbocycles. The molecule has 0 unspecified atom stereocenters. The molecule has 12 aromatic rings. The molecular formula is C58H38N2O. The Hall–Kier alpha value is -8.14. The fourth-order valence-corrected chi connectivity index (χ4v) is 9.38. The van der Waals surface area contributed by atoms with E-state index in [0.717, 1.165) is 66.6 Å². The van der Waals surface area contributed by atoms with Gasteiger partial charge in [0.25, 0.3) is 0 Å². The summed E-state index contributed by atoms with van der Waals surface area (Å²) in [5.41, 5.74) is 15.6. The van der Waals surface area contributed by atoms with Crippen molar-refractivity contribution in [3.8, 4) is 39.1 Å². The number of rotatable bonds is 7. The van der Waals surface area contributed by atoms with Crippen molar-refractivity contribution in [2.24, 2.45) is 0 Å². The van der Waals surface area contributed by atoms with Gasteiger partial charge in [-0.05, 0) is 112 Å². The van der Waals surface area contributed by atoms with Crippen molar-refractivity contribution in [2.75, 3.05) is 4.90 Å². The van der Waals surface area contributed by atoms with Crippen molar-refractivity contribution in [1.29, 1.82) is 0 Å². The quantitative estimate of drug-likeness (QED) is 0.161. The molecule has 0 N–H and O–H groups in total. The Morgan fingerprint density at radius 3 is 1.54 bits per heavy atom. The lowest BCUT2D eigenvalue weighted by atomic mass is 9.95. The van der Waals surface area contributed by atoms with Gasteiger partial charge in [-0.2, -0.15) is 0 Å². The molecular weight excluding hydrogens is 741 g/mol. The first-order valence-electron chi connectivity index (χ1n) is 20.8. The lowest BCUT2D eigenvalue weighted by Crippen LogP contribution is -2.10. The number of para-hydroxylation sites is 2. The van der Waals surface area contributed by atoms with Gasteiger partial charge in [0.05, 0.1) is 16.7 Å². The Kier molecular flexibility index (Phi) is 8.17. The molecule has 12 rings (SSSR count). The van der Waals surface area contributed by atoms with Crippen molar-refractivity contribution < 1.29 is 4.42 Å². The van der Waals surface area contributed by atoms with Gasteiger partial charge in [-0.25, -0.2) is 0 Å². The van der Waals surface area contributed by atoms with E-state index in [1.165, 1.54) is 44.1 Å². The Morgan fingerprint density at radius 2 is 0.852 bits per heavy atom. The van der Waals surface area contributed by atoms with E-state index in [2.05, 4.69) is 240 Å². The number of hydrogen-bond donors (Lipinski definition) is 0. The van der Waals surface area contributed by atoms with Crippen LogP contribution in [0.1, 0.15) is 0 Å². The van der Waals surface area contributed by atoms with Gasteiger partial charge < -0.3 is 13.9 Å². The van der Waals surface area contributed by atoms with E-state index in [9.17, 15) is 0 Å². The van der Waals surface area contributed by atoms with E-state index in [0.29, 0.717) is 0 Å². The number of furan rings is 1. The lowest BCUT2D eigenvalue weighted by molar-refractivity contribution is 0.669. The Bertz CT molecular complexity index is 3470. The van der Waals surface area contributed by atoms with Crippen LogP contribution in [0.3, 0.4) is 0 Å². The fraction of sp³-hybridized carbons (Fsp3) is 0. The smallest absolute Gasteiger partial charge is 0.136 e. The fourth-order valence-electron chi connectivity index (χ4n) is 9.38. The third-order valence-corrected chi connectivity index (χ3v) is 12.2. The molecule has 0 saturated carbocycles. The summed E-state index contributed by atoms with van der Waals surface area (Å²) >= 11 is 0. The standard InChI is InChI=1S/C58H38N2O/c1-4-14-39(15-5-1)41-26-31-45(32-27-41)59(46-33-28-42(29-34-46)40-16-6-2-7-17-40)52-24-12-22-51-50(52)36-37-56-58(51)57-47(21-13-25-55(57)61-56)43-30-35-49-48-20-10-11-23-53(48)60(54(49)38-43)44-18-8-3-9-19-44/h1-38H. The molecule has 286 valence electrons. The zero-order valence-corrected chi connectivity index (χ0v) is 33.2. The molecule has 0 spiro atoms. The molecule has 0 atom stereocenters. The molecule has 61 heavy (non-hydrogen) atoms. The van der Waals surface area contributed by atoms with Crippen LogP contribution in [0.25, 0.3) is 93.6 Å². The van der Waals surface area contributed by atoms with Crippen molar-refractivity contribution >= 4 is 71.6 Å². The molecule has 0 amide bonds. The Morgan fingerprint density at radius 1 is 0.328 bits per heavy atom. The maximum Gasteiger partial charge on any atom is 0.136 e. The predicted molar refractivity (Wildman–Crippen MR) is 257 cm³/mol. The van der Waals surface area contributed by atoms with Crippen LogP contribution in [0, 0.1) is 0 Å². The summed E-state index contributed by atoms with van der Waals surface area (Å²) in [4.78, 5) is 2.39. The molecule has 0 radical (unpaired) electrons. The van der Waals surface area contributed by atoms with Crippen LogP contribution in [0.2, 0.25) is 0 Å². The molecule has 3 nitrogen and oxygen atoms in total. The van der Waals surface area contributed by atoms with Crippen molar-refractivity contribution in [3.05, 3.63) is 231 Å². The highest BCUT2D eigenvalue weighted by Crippen LogP contribution is 2.46. The third-order valence-electron chi connectivity index (χ3n) is 12.2. The van der Waals surface area contributed by atoms with E-state index >= 15 is 0 Å². The highest BCUT2D eigenvalue weighted by atomic mass is 16.3. The molecule has 2 aromatic heterocycles. The van der Waals surface area contributed by atoms with Gasteiger partial charge in [0.15, 0.2) is 0 Å². The largest absolute Gasteiger partial charge is 0.456 e. The summed E-state index contributed by atoms with van der Waals surface area (Å²) in [5.74, 6) is 0. The first-order valence-corrected chi connectivity index (χ1v) is 20.8. The van der Waals surface area contributed by atoms with Crippen LogP contribution >= 0.6 is 0 Å². The highest BCUT2D eigenvalue weighted by Gasteiger charge is 2.21. The molecule has 0 saturated heterocycles. The van der Waals surface area contributed by atoms with Gasteiger partial charge in [0.1, 0.15) is 11.2 Å². The van der Waals surface area contributed by atoms with E-state index in [1.54, 1.807) is 0 Å². The van der Waals surface area contributed by atoms with Gasteiger partial charge in [-0.15, -0.1) is 0 Å². The average Bonchev–Trinajstić information content (AvgIpc) is 3.89.